The zero-order chi connectivity index (χ0) is 17.1. The molecule has 1 aromatic carbocycles. The smallest absolute Gasteiger partial charge is 0.312 e. The van der Waals surface area contributed by atoms with Gasteiger partial charge in [-0.15, -0.1) is 0 Å². The normalized spacial score (nSPS) is 33.2. The first-order valence-corrected chi connectivity index (χ1v) is 8.15. The Morgan fingerprint density at radius 2 is 2.33 bits per heavy atom. The molecule has 2 fully saturated rings. The molecule has 126 valence electrons. The first-order valence-electron chi connectivity index (χ1n) is 7.77. The SMILES string of the molecule is CCOC(=O)[C@H]1[C@H]2C=C[C@@]3(CN(c4ccc(Cl)c(F)c4)C(=O)[C@@H]13)O2. The van der Waals surface area contributed by atoms with Crippen molar-refractivity contribution in [1.82, 2.24) is 0 Å². The molecule has 24 heavy (non-hydrogen) atoms. The first-order chi connectivity index (χ1) is 11.5. The largest absolute Gasteiger partial charge is 0.466 e. The van der Waals surface area contributed by atoms with Gasteiger partial charge in [0.2, 0.25) is 5.91 Å². The molecule has 2 saturated heterocycles. The van der Waals surface area contributed by atoms with E-state index in [9.17, 15) is 14.0 Å². The highest BCUT2D eigenvalue weighted by Gasteiger charge is 2.67. The van der Waals surface area contributed by atoms with Gasteiger partial charge >= 0.3 is 5.97 Å². The van der Waals surface area contributed by atoms with Crippen LogP contribution in [-0.2, 0) is 19.1 Å². The molecule has 1 spiro atoms. The van der Waals surface area contributed by atoms with Crippen LogP contribution in [0, 0.1) is 17.7 Å². The Morgan fingerprint density at radius 1 is 1.54 bits per heavy atom. The van der Waals surface area contributed by atoms with E-state index < -0.39 is 35.3 Å². The van der Waals surface area contributed by atoms with E-state index in [1.165, 1.54) is 17.0 Å². The Labute approximate surface area is 143 Å². The molecule has 2 bridgehead atoms. The van der Waals surface area contributed by atoms with Crippen LogP contribution < -0.4 is 4.90 Å². The highest BCUT2D eigenvalue weighted by Crippen LogP contribution is 2.53. The number of carbonyl (C=O) groups is 2. The number of amides is 1. The van der Waals surface area contributed by atoms with Crippen LogP contribution in [0.15, 0.2) is 30.4 Å². The summed E-state index contributed by atoms with van der Waals surface area (Å²) in [5.41, 5.74) is -0.455. The third-order valence-corrected chi connectivity index (χ3v) is 5.18. The summed E-state index contributed by atoms with van der Waals surface area (Å²) in [5.74, 6) is -2.60. The highest BCUT2D eigenvalue weighted by atomic mass is 35.5. The van der Waals surface area contributed by atoms with Crippen LogP contribution in [0.3, 0.4) is 0 Å². The lowest BCUT2D eigenvalue weighted by molar-refractivity contribution is -0.151. The Kier molecular flexibility index (Phi) is 3.44. The fourth-order valence-electron chi connectivity index (χ4n) is 3.88. The predicted octanol–water partition coefficient (Wildman–Crippen LogP) is 2.33. The van der Waals surface area contributed by atoms with Crippen LogP contribution in [-0.4, -0.2) is 36.7 Å². The van der Waals surface area contributed by atoms with E-state index in [1.807, 2.05) is 6.08 Å². The molecule has 0 aliphatic carbocycles. The highest BCUT2D eigenvalue weighted by molar-refractivity contribution is 6.30. The van der Waals surface area contributed by atoms with Crippen LogP contribution in [0.5, 0.6) is 0 Å². The van der Waals surface area contributed by atoms with Crippen molar-refractivity contribution in [1.29, 1.82) is 0 Å². The molecule has 1 aromatic rings. The first kappa shape index (κ1) is 15.6. The molecule has 4 rings (SSSR count). The van der Waals surface area contributed by atoms with Gasteiger partial charge in [-0.2, -0.15) is 0 Å². The molecule has 0 radical (unpaired) electrons. The molecule has 3 heterocycles. The van der Waals surface area contributed by atoms with E-state index in [2.05, 4.69) is 0 Å². The molecule has 3 aliphatic rings. The number of anilines is 1. The van der Waals surface area contributed by atoms with Crippen molar-refractivity contribution in [2.24, 2.45) is 11.8 Å². The van der Waals surface area contributed by atoms with Crippen molar-refractivity contribution >= 4 is 29.2 Å². The minimum atomic E-state index is -0.852. The summed E-state index contributed by atoms with van der Waals surface area (Å²) in [4.78, 5) is 26.7. The summed E-state index contributed by atoms with van der Waals surface area (Å²) in [7, 11) is 0. The second-order valence-corrected chi connectivity index (χ2v) is 6.58. The molecular weight excluding hydrogens is 337 g/mol. The van der Waals surface area contributed by atoms with Gasteiger partial charge in [-0.25, -0.2) is 4.39 Å². The fraction of sp³-hybridized carbons (Fsp3) is 0.412. The van der Waals surface area contributed by atoms with E-state index >= 15 is 0 Å². The van der Waals surface area contributed by atoms with Crippen molar-refractivity contribution in [3.8, 4) is 0 Å². The number of fused-ring (bicyclic) bond motifs is 1. The molecule has 5 nitrogen and oxygen atoms in total. The zero-order valence-corrected chi connectivity index (χ0v) is 13.6. The van der Waals surface area contributed by atoms with Crippen LogP contribution >= 0.6 is 11.6 Å². The fourth-order valence-corrected chi connectivity index (χ4v) is 3.99. The van der Waals surface area contributed by atoms with Gasteiger partial charge in [-0.05, 0) is 25.1 Å². The lowest BCUT2D eigenvalue weighted by Gasteiger charge is -2.22. The van der Waals surface area contributed by atoms with E-state index in [-0.39, 0.29) is 24.1 Å². The second-order valence-electron chi connectivity index (χ2n) is 6.17. The number of hydrogen-bond donors (Lipinski definition) is 0. The molecule has 0 saturated carbocycles. The number of benzene rings is 1. The number of ether oxygens (including phenoxy) is 2. The lowest BCUT2D eigenvalue weighted by atomic mass is 9.77. The average Bonchev–Trinajstić information content (AvgIpc) is 3.19. The molecule has 0 N–H and O–H groups in total. The quantitative estimate of drug-likeness (QED) is 0.619. The number of nitrogens with zero attached hydrogens (tertiary/aromatic N) is 1. The standard InChI is InChI=1S/C17H15ClFNO4/c1-2-23-16(22)13-12-5-6-17(24-12)8-20(15(21)14(13)17)9-3-4-10(18)11(19)7-9/h3-7,12-14H,2,8H2,1H3/t12-,13+,14-,17+/m1/s1. The third-order valence-electron chi connectivity index (χ3n) is 4.87. The molecule has 0 unspecified atom stereocenters. The zero-order valence-electron chi connectivity index (χ0n) is 12.9. The maximum Gasteiger partial charge on any atom is 0.312 e. The third kappa shape index (κ3) is 2.03. The second kappa shape index (κ2) is 5.29. The molecular formula is C17H15ClFNO4. The van der Waals surface area contributed by atoms with Crippen LogP contribution in [0.25, 0.3) is 0 Å². The monoisotopic (exact) mass is 351 g/mol. The van der Waals surface area contributed by atoms with Gasteiger partial charge in [0.05, 0.1) is 30.2 Å². The molecule has 1 amide bonds. The van der Waals surface area contributed by atoms with Crippen molar-refractivity contribution < 1.29 is 23.5 Å². The number of halogens is 2. The molecule has 0 aromatic heterocycles. The Hall–Kier alpha value is -1.92. The van der Waals surface area contributed by atoms with Crippen molar-refractivity contribution in [3.63, 3.8) is 0 Å². The molecule has 4 atom stereocenters. The summed E-state index contributed by atoms with van der Waals surface area (Å²) in [5, 5.41) is -0.00905. The van der Waals surface area contributed by atoms with E-state index in [0.717, 1.165) is 0 Å². The van der Waals surface area contributed by atoms with Crippen LogP contribution in [0.4, 0.5) is 10.1 Å². The number of rotatable bonds is 3. The van der Waals surface area contributed by atoms with Gasteiger partial charge in [-0.1, -0.05) is 23.8 Å². The Bertz CT molecular complexity index is 767. The summed E-state index contributed by atoms with van der Waals surface area (Å²) in [6, 6.07) is 4.20. The van der Waals surface area contributed by atoms with Gasteiger partial charge in [0, 0.05) is 5.69 Å². The topological polar surface area (TPSA) is 55.8 Å². The van der Waals surface area contributed by atoms with Gasteiger partial charge in [0.1, 0.15) is 17.3 Å². The van der Waals surface area contributed by atoms with Gasteiger partial charge in [-0.3, -0.25) is 9.59 Å². The lowest BCUT2D eigenvalue weighted by Crippen LogP contribution is -2.40. The van der Waals surface area contributed by atoms with Crippen LogP contribution in [0.1, 0.15) is 6.92 Å². The van der Waals surface area contributed by atoms with Gasteiger partial charge < -0.3 is 14.4 Å². The molecule has 3 aliphatic heterocycles. The minimum Gasteiger partial charge on any atom is -0.466 e. The number of carbonyl (C=O) groups excluding carboxylic acids is 2. The van der Waals surface area contributed by atoms with Gasteiger partial charge in [0.25, 0.3) is 0 Å². The predicted molar refractivity (Wildman–Crippen MR) is 84.1 cm³/mol. The summed E-state index contributed by atoms with van der Waals surface area (Å²) >= 11 is 5.70. The number of hydrogen-bond acceptors (Lipinski definition) is 4. The van der Waals surface area contributed by atoms with E-state index in [4.69, 9.17) is 21.1 Å². The number of esters is 1. The molecule has 7 heteroatoms. The van der Waals surface area contributed by atoms with E-state index in [0.29, 0.717) is 5.69 Å². The van der Waals surface area contributed by atoms with Crippen molar-refractivity contribution in [2.75, 3.05) is 18.1 Å². The minimum absolute atomic E-state index is 0.00905. The summed E-state index contributed by atoms with van der Waals surface area (Å²) in [6.07, 6.45) is 3.20. The van der Waals surface area contributed by atoms with Crippen molar-refractivity contribution in [3.05, 3.63) is 41.2 Å². The van der Waals surface area contributed by atoms with Crippen LogP contribution in [0.2, 0.25) is 5.02 Å². The van der Waals surface area contributed by atoms with Crippen molar-refractivity contribution in [2.45, 2.75) is 18.6 Å². The van der Waals surface area contributed by atoms with E-state index in [1.54, 1.807) is 19.1 Å². The Balaban J connectivity index is 1.69. The summed E-state index contributed by atoms with van der Waals surface area (Å²) < 4.78 is 24.8. The maximum atomic E-state index is 13.8. The van der Waals surface area contributed by atoms with Gasteiger partial charge in [0.15, 0.2) is 0 Å². The maximum absolute atomic E-state index is 13.8. The Morgan fingerprint density at radius 3 is 3.04 bits per heavy atom. The summed E-state index contributed by atoms with van der Waals surface area (Å²) in [6.45, 7) is 2.20. The average molecular weight is 352 g/mol.